The summed E-state index contributed by atoms with van der Waals surface area (Å²) in [7, 11) is 0. The SMILES string of the molecule is FC(F)(F)c1cc(-c2ccc3nnc(C(F)(F)F)n3c2)ccc1Cl. The topological polar surface area (TPSA) is 30.2 Å². The number of fused-ring (bicyclic) bond motifs is 1. The largest absolute Gasteiger partial charge is 0.452 e. The molecule has 3 rings (SSSR count). The molecule has 0 aliphatic heterocycles. The summed E-state index contributed by atoms with van der Waals surface area (Å²) in [5.74, 6) is -1.26. The molecule has 1 aromatic carbocycles. The van der Waals surface area contributed by atoms with Gasteiger partial charge in [-0.15, -0.1) is 10.2 Å². The van der Waals surface area contributed by atoms with Gasteiger partial charge < -0.3 is 0 Å². The normalized spacial score (nSPS) is 12.8. The van der Waals surface area contributed by atoms with Gasteiger partial charge in [-0.1, -0.05) is 17.7 Å². The zero-order valence-electron chi connectivity index (χ0n) is 11.5. The molecular weight excluding hydrogens is 360 g/mol. The molecule has 0 aliphatic carbocycles. The Kier molecular flexibility index (Phi) is 3.71. The van der Waals surface area contributed by atoms with E-state index in [1.54, 1.807) is 0 Å². The first-order chi connectivity index (χ1) is 11.1. The van der Waals surface area contributed by atoms with E-state index in [2.05, 4.69) is 10.2 Å². The standard InChI is InChI=1S/C14H6ClF6N3/c15-10-3-1-7(5-9(10)13(16,17)18)8-2-4-11-22-23-12(14(19,20)21)24(11)6-8/h1-6H. The van der Waals surface area contributed by atoms with E-state index < -0.39 is 28.8 Å². The highest BCUT2D eigenvalue weighted by Gasteiger charge is 2.37. The van der Waals surface area contributed by atoms with Gasteiger partial charge in [0.25, 0.3) is 0 Å². The lowest BCUT2D eigenvalue weighted by Crippen LogP contribution is -2.10. The fraction of sp³-hybridized carbons (Fsp3) is 0.143. The third-order valence-electron chi connectivity index (χ3n) is 3.26. The maximum atomic E-state index is 12.9. The van der Waals surface area contributed by atoms with Crippen LogP contribution in [-0.2, 0) is 12.4 Å². The summed E-state index contributed by atoms with van der Waals surface area (Å²) >= 11 is 5.54. The van der Waals surface area contributed by atoms with Crippen LogP contribution in [0.2, 0.25) is 5.02 Å². The van der Waals surface area contributed by atoms with E-state index in [9.17, 15) is 26.3 Å². The van der Waals surface area contributed by atoms with Gasteiger partial charge in [0, 0.05) is 6.20 Å². The van der Waals surface area contributed by atoms with Crippen LogP contribution in [-0.4, -0.2) is 14.6 Å². The summed E-state index contributed by atoms with van der Waals surface area (Å²) < 4.78 is 78.0. The van der Waals surface area contributed by atoms with Crippen molar-refractivity contribution in [3.05, 3.63) is 52.9 Å². The highest BCUT2D eigenvalue weighted by Crippen LogP contribution is 2.37. The fourth-order valence-electron chi connectivity index (χ4n) is 2.18. The molecule has 2 heterocycles. The van der Waals surface area contributed by atoms with Crippen LogP contribution >= 0.6 is 11.6 Å². The lowest BCUT2D eigenvalue weighted by atomic mass is 10.0. The van der Waals surface area contributed by atoms with E-state index in [0.29, 0.717) is 4.40 Å². The molecule has 0 radical (unpaired) electrons. The van der Waals surface area contributed by atoms with E-state index >= 15 is 0 Å². The van der Waals surface area contributed by atoms with Crippen molar-refractivity contribution in [2.45, 2.75) is 12.4 Å². The van der Waals surface area contributed by atoms with Crippen LogP contribution in [0.15, 0.2) is 36.5 Å². The van der Waals surface area contributed by atoms with E-state index in [1.165, 1.54) is 18.2 Å². The Bertz CT molecular complexity index is 913. The van der Waals surface area contributed by atoms with Crippen LogP contribution in [0.25, 0.3) is 16.8 Å². The second-order valence-electron chi connectivity index (χ2n) is 4.86. The second-order valence-corrected chi connectivity index (χ2v) is 5.27. The summed E-state index contributed by atoms with van der Waals surface area (Å²) in [6, 6.07) is 5.70. The minimum absolute atomic E-state index is 0.0652. The number of hydrogen-bond acceptors (Lipinski definition) is 2. The highest BCUT2D eigenvalue weighted by atomic mass is 35.5. The summed E-state index contributed by atoms with van der Waals surface area (Å²) in [5.41, 5.74) is -0.942. The lowest BCUT2D eigenvalue weighted by Gasteiger charge is -2.11. The number of halogens is 7. The van der Waals surface area contributed by atoms with Crippen LogP contribution < -0.4 is 0 Å². The number of hydrogen-bond donors (Lipinski definition) is 0. The van der Waals surface area contributed by atoms with Gasteiger partial charge in [0.05, 0.1) is 10.6 Å². The maximum Gasteiger partial charge on any atom is 0.452 e. The molecule has 10 heteroatoms. The van der Waals surface area contributed by atoms with Gasteiger partial charge in [0.15, 0.2) is 5.65 Å². The van der Waals surface area contributed by atoms with Crippen LogP contribution in [0.1, 0.15) is 11.4 Å². The molecule has 0 spiro atoms. The molecule has 0 atom stereocenters. The second kappa shape index (κ2) is 5.37. The molecule has 0 amide bonds. The minimum Gasteiger partial charge on any atom is -0.278 e. The van der Waals surface area contributed by atoms with Gasteiger partial charge >= 0.3 is 12.4 Å². The molecule has 0 unspecified atom stereocenters. The van der Waals surface area contributed by atoms with Gasteiger partial charge in [-0.25, -0.2) is 0 Å². The molecule has 2 aromatic heterocycles. The minimum atomic E-state index is -4.74. The highest BCUT2D eigenvalue weighted by molar-refractivity contribution is 6.31. The molecular formula is C14H6ClF6N3. The summed E-state index contributed by atoms with van der Waals surface area (Å²) in [6.07, 6.45) is -8.39. The number of rotatable bonds is 1. The Morgan fingerprint density at radius 1 is 0.833 bits per heavy atom. The Labute approximate surface area is 135 Å². The summed E-state index contributed by atoms with van der Waals surface area (Å²) in [4.78, 5) is 0. The molecule has 0 bridgehead atoms. The predicted octanol–water partition coefficient (Wildman–Crippen LogP) is 5.09. The first-order valence-electron chi connectivity index (χ1n) is 6.36. The van der Waals surface area contributed by atoms with E-state index in [1.807, 2.05) is 0 Å². The molecule has 126 valence electrons. The van der Waals surface area contributed by atoms with Crippen molar-refractivity contribution in [2.24, 2.45) is 0 Å². The number of aromatic nitrogens is 3. The molecule has 0 N–H and O–H groups in total. The predicted molar refractivity (Wildman–Crippen MR) is 73.4 cm³/mol. The Hall–Kier alpha value is -2.29. The Morgan fingerprint density at radius 3 is 2.12 bits per heavy atom. The van der Waals surface area contributed by atoms with Crippen molar-refractivity contribution >= 4 is 17.2 Å². The lowest BCUT2D eigenvalue weighted by molar-refractivity contribution is -0.145. The molecule has 3 aromatic rings. The molecule has 0 saturated heterocycles. The molecule has 0 saturated carbocycles. The van der Waals surface area contributed by atoms with Crippen molar-refractivity contribution in [1.82, 2.24) is 14.6 Å². The molecule has 0 aliphatic rings. The van der Waals surface area contributed by atoms with E-state index in [0.717, 1.165) is 18.3 Å². The maximum absolute atomic E-state index is 12.9. The number of pyridine rings is 1. The van der Waals surface area contributed by atoms with Crippen LogP contribution in [0, 0.1) is 0 Å². The smallest absolute Gasteiger partial charge is 0.278 e. The number of nitrogens with zero attached hydrogens (tertiary/aromatic N) is 3. The summed E-state index contributed by atoms with van der Waals surface area (Å²) in [6.45, 7) is 0. The van der Waals surface area contributed by atoms with E-state index in [4.69, 9.17) is 11.6 Å². The van der Waals surface area contributed by atoms with Crippen molar-refractivity contribution in [3.63, 3.8) is 0 Å². The zero-order valence-corrected chi connectivity index (χ0v) is 12.2. The van der Waals surface area contributed by atoms with Crippen LogP contribution in [0.4, 0.5) is 26.3 Å². The number of alkyl halides is 6. The Morgan fingerprint density at radius 2 is 1.50 bits per heavy atom. The van der Waals surface area contributed by atoms with Gasteiger partial charge in [-0.3, -0.25) is 4.40 Å². The van der Waals surface area contributed by atoms with E-state index in [-0.39, 0.29) is 16.8 Å². The molecule has 0 fully saturated rings. The van der Waals surface area contributed by atoms with Crippen LogP contribution in [0.5, 0.6) is 0 Å². The first kappa shape index (κ1) is 16.6. The van der Waals surface area contributed by atoms with Gasteiger partial charge in [-0.2, -0.15) is 26.3 Å². The van der Waals surface area contributed by atoms with Crippen molar-refractivity contribution in [3.8, 4) is 11.1 Å². The molecule has 3 nitrogen and oxygen atoms in total. The third-order valence-corrected chi connectivity index (χ3v) is 3.59. The third kappa shape index (κ3) is 2.91. The van der Waals surface area contributed by atoms with Crippen molar-refractivity contribution in [2.75, 3.05) is 0 Å². The Balaban J connectivity index is 2.17. The fourth-order valence-corrected chi connectivity index (χ4v) is 2.40. The van der Waals surface area contributed by atoms with Crippen LogP contribution in [0.3, 0.4) is 0 Å². The first-order valence-corrected chi connectivity index (χ1v) is 6.74. The monoisotopic (exact) mass is 365 g/mol. The van der Waals surface area contributed by atoms with Crippen molar-refractivity contribution in [1.29, 1.82) is 0 Å². The average molecular weight is 366 g/mol. The van der Waals surface area contributed by atoms with Gasteiger partial charge in [0.1, 0.15) is 0 Å². The summed E-state index contributed by atoms with van der Waals surface area (Å²) in [5, 5.41) is 5.95. The van der Waals surface area contributed by atoms with Gasteiger partial charge in [0.2, 0.25) is 5.82 Å². The van der Waals surface area contributed by atoms with Crippen molar-refractivity contribution < 1.29 is 26.3 Å². The zero-order chi connectivity index (χ0) is 17.7. The average Bonchev–Trinajstić information content (AvgIpc) is 2.89. The quantitative estimate of drug-likeness (QED) is 0.562. The molecule has 24 heavy (non-hydrogen) atoms. The van der Waals surface area contributed by atoms with Gasteiger partial charge in [-0.05, 0) is 35.4 Å². The number of benzene rings is 1.